The molecule has 3 nitrogen and oxygen atoms in total. The molecule has 0 aromatic heterocycles. The molecule has 1 aliphatic heterocycles. The van der Waals surface area contributed by atoms with Crippen LogP contribution in [0.2, 0.25) is 0 Å². The number of ether oxygens (including phenoxy) is 1. The van der Waals surface area contributed by atoms with E-state index in [4.69, 9.17) is 10.5 Å². The van der Waals surface area contributed by atoms with Gasteiger partial charge < -0.3 is 15.4 Å². The zero-order valence-corrected chi connectivity index (χ0v) is 13.3. The van der Waals surface area contributed by atoms with Crippen LogP contribution in [0.15, 0.2) is 0 Å². The van der Waals surface area contributed by atoms with E-state index in [1.807, 2.05) is 0 Å². The molecule has 1 saturated heterocycles. The largest absolute Gasteiger partial charge is 0.368 e. The highest BCUT2D eigenvalue weighted by atomic mass is 16.5. The summed E-state index contributed by atoms with van der Waals surface area (Å²) in [5, 5.41) is 0. The lowest BCUT2D eigenvalue weighted by atomic mass is 9.82. The molecule has 1 rings (SSSR count). The Labute approximate surface area is 113 Å². The first-order valence-corrected chi connectivity index (χ1v) is 7.31. The second kappa shape index (κ2) is 5.48. The third kappa shape index (κ3) is 3.06. The quantitative estimate of drug-likeness (QED) is 0.822. The van der Waals surface area contributed by atoms with Gasteiger partial charge in [-0.3, -0.25) is 0 Å². The number of nitrogens with two attached hydrogens (primary N) is 1. The standard InChI is InChI=1S/C15H32N2O/c1-8-11(9-2)17(7)10-12-13(16)15(5,6)18-14(12,3)4/h11-13H,8-10,16H2,1-7H3. The second-order valence-electron chi connectivity index (χ2n) is 6.85. The van der Waals surface area contributed by atoms with Crippen molar-refractivity contribution in [3.05, 3.63) is 0 Å². The topological polar surface area (TPSA) is 38.5 Å². The smallest absolute Gasteiger partial charge is 0.0788 e. The first-order valence-electron chi connectivity index (χ1n) is 7.31. The fourth-order valence-corrected chi connectivity index (χ4v) is 3.44. The normalized spacial score (nSPS) is 30.3. The monoisotopic (exact) mass is 256 g/mol. The summed E-state index contributed by atoms with van der Waals surface area (Å²) in [7, 11) is 2.21. The van der Waals surface area contributed by atoms with Crippen LogP contribution in [0.5, 0.6) is 0 Å². The van der Waals surface area contributed by atoms with Crippen molar-refractivity contribution >= 4 is 0 Å². The van der Waals surface area contributed by atoms with Crippen LogP contribution in [0.25, 0.3) is 0 Å². The minimum atomic E-state index is -0.219. The highest BCUT2D eigenvalue weighted by molar-refractivity contribution is 5.04. The summed E-state index contributed by atoms with van der Waals surface area (Å²) in [4.78, 5) is 2.46. The lowest BCUT2D eigenvalue weighted by molar-refractivity contribution is -0.0787. The lowest BCUT2D eigenvalue weighted by Gasteiger charge is -2.34. The SMILES string of the molecule is CCC(CC)N(C)CC1C(N)C(C)(C)OC1(C)C. The van der Waals surface area contributed by atoms with Crippen LogP contribution in [0.3, 0.4) is 0 Å². The van der Waals surface area contributed by atoms with E-state index < -0.39 is 0 Å². The molecule has 18 heavy (non-hydrogen) atoms. The second-order valence-corrected chi connectivity index (χ2v) is 6.85. The van der Waals surface area contributed by atoms with E-state index in [-0.39, 0.29) is 17.2 Å². The molecule has 0 saturated carbocycles. The summed E-state index contributed by atoms with van der Waals surface area (Å²) >= 11 is 0. The average molecular weight is 256 g/mol. The molecular weight excluding hydrogens is 224 g/mol. The molecule has 2 unspecified atom stereocenters. The lowest BCUT2D eigenvalue weighted by Crippen LogP contribution is -2.49. The molecule has 0 amide bonds. The van der Waals surface area contributed by atoms with E-state index in [0.29, 0.717) is 12.0 Å². The van der Waals surface area contributed by atoms with Crippen molar-refractivity contribution < 1.29 is 4.74 Å². The van der Waals surface area contributed by atoms with Gasteiger partial charge in [-0.25, -0.2) is 0 Å². The van der Waals surface area contributed by atoms with Crippen molar-refractivity contribution in [3.63, 3.8) is 0 Å². The van der Waals surface area contributed by atoms with Crippen molar-refractivity contribution in [3.8, 4) is 0 Å². The van der Waals surface area contributed by atoms with Gasteiger partial charge in [-0.15, -0.1) is 0 Å². The van der Waals surface area contributed by atoms with Crippen molar-refractivity contribution in [2.45, 2.75) is 77.7 Å². The number of hydrogen-bond donors (Lipinski definition) is 1. The van der Waals surface area contributed by atoms with Crippen LogP contribution in [-0.2, 0) is 4.74 Å². The van der Waals surface area contributed by atoms with Crippen LogP contribution in [0, 0.1) is 5.92 Å². The van der Waals surface area contributed by atoms with Crippen LogP contribution in [-0.4, -0.2) is 41.8 Å². The zero-order valence-electron chi connectivity index (χ0n) is 13.3. The van der Waals surface area contributed by atoms with Gasteiger partial charge in [-0.2, -0.15) is 0 Å². The van der Waals surface area contributed by atoms with Gasteiger partial charge in [0.2, 0.25) is 0 Å². The highest BCUT2D eigenvalue weighted by Crippen LogP contribution is 2.41. The minimum Gasteiger partial charge on any atom is -0.368 e. The van der Waals surface area contributed by atoms with Crippen molar-refractivity contribution in [1.29, 1.82) is 0 Å². The third-order valence-electron chi connectivity index (χ3n) is 4.71. The first kappa shape index (κ1) is 15.9. The zero-order chi connectivity index (χ0) is 14.1. The van der Waals surface area contributed by atoms with Gasteiger partial charge in [-0.05, 0) is 47.6 Å². The Bertz CT molecular complexity index is 272. The third-order valence-corrected chi connectivity index (χ3v) is 4.71. The molecule has 0 aromatic rings. The van der Waals surface area contributed by atoms with Gasteiger partial charge >= 0.3 is 0 Å². The molecule has 108 valence electrons. The summed E-state index contributed by atoms with van der Waals surface area (Å²) in [5.74, 6) is 0.387. The molecule has 0 aromatic carbocycles. The summed E-state index contributed by atoms with van der Waals surface area (Å²) in [6.07, 6.45) is 2.39. The highest BCUT2D eigenvalue weighted by Gasteiger charge is 2.52. The average Bonchev–Trinajstić information content (AvgIpc) is 2.38. The Balaban J connectivity index is 2.77. The molecule has 1 aliphatic rings. The molecule has 1 fully saturated rings. The Morgan fingerprint density at radius 1 is 1.11 bits per heavy atom. The fourth-order valence-electron chi connectivity index (χ4n) is 3.44. The van der Waals surface area contributed by atoms with Gasteiger partial charge in [0.05, 0.1) is 11.2 Å². The molecule has 0 radical (unpaired) electrons. The van der Waals surface area contributed by atoms with Crippen molar-refractivity contribution in [1.82, 2.24) is 4.90 Å². The first-order chi connectivity index (χ1) is 8.15. The Hall–Kier alpha value is -0.120. The number of hydrogen-bond acceptors (Lipinski definition) is 3. The molecule has 1 heterocycles. The fraction of sp³-hybridized carbons (Fsp3) is 1.00. The van der Waals surface area contributed by atoms with Gasteiger partial charge in [0.1, 0.15) is 0 Å². The van der Waals surface area contributed by atoms with E-state index in [2.05, 4.69) is 53.5 Å². The predicted octanol–water partition coefficient (Wildman–Crippen LogP) is 2.64. The van der Waals surface area contributed by atoms with E-state index in [0.717, 1.165) is 6.54 Å². The summed E-state index contributed by atoms with van der Waals surface area (Å²) in [6, 6.07) is 0.751. The van der Waals surface area contributed by atoms with Gasteiger partial charge in [-0.1, -0.05) is 13.8 Å². The van der Waals surface area contributed by atoms with Gasteiger partial charge in [0.25, 0.3) is 0 Å². The summed E-state index contributed by atoms with van der Waals surface area (Å²) in [6.45, 7) is 14.1. The van der Waals surface area contributed by atoms with Gasteiger partial charge in [0.15, 0.2) is 0 Å². The molecular formula is C15H32N2O. The van der Waals surface area contributed by atoms with E-state index in [1.54, 1.807) is 0 Å². The van der Waals surface area contributed by atoms with Crippen LogP contribution >= 0.6 is 0 Å². The maximum atomic E-state index is 6.41. The molecule has 2 atom stereocenters. The van der Waals surface area contributed by atoms with Gasteiger partial charge in [0, 0.05) is 24.5 Å². The maximum Gasteiger partial charge on any atom is 0.0788 e. The van der Waals surface area contributed by atoms with E-state index in [9.17, 15) is 0 Å². The van der Waals surface area contributed by atoms with Crippen LogP contribution < -0.4 is 5.73 Å². The molecule has 0 bridgehead atoms. The van der Waals surface area contributed by atoms with Crippen LogP contribution in [0.4, 0.5) is 0 Å². The van der Waals surface area contributed by atoms with Crippen molar-refractivity contribution in [2.24, 2.45) is 11.7 Å². The van der Waals surface area contributed by atoms with Crippen LogP contribution in [0.1, 0.15) is 54.4 Å². The Kier molecular flexibility index (Phi) is 4.85. The minimum absolute atomic E-state index is 0.101. The van der Waals surface area contributed by atoms with E-state index >= 15 is 0 Å². The van der Waals surface area contributed by atoms with E-state index in [1.165, 1.54) is 12.8 Å². The summed E-state index contributed by atoms with van der Waals surface area (Å²) < 4.78 is 6.16. The molecule has 3 heteroatoms. The Morgan fingerprint density at radius 3 is 1.94 bits per heavy atom. The predicted molar refractivity (Wildman–Crippen MR) is 77.7 cm³/mol. The summed E-state index contributed by atoms with van der Waals surface area (Å²) in [5.41, 5.74) is 6.06. The number of rotatable bonds is 5. The molecule has 0 aliphatic carbocycles. The molecule has 2 N–H and O–H groups in total. The molecule has 0 spiro atoms. The van der Waals surface area contributed by atoms with Crippen molar-refractivity contribution in [2.75, 3.05) is 13.6 Å². The number of nitrogens with zero attached hydrogens (tertiary/aromatic N) is 1. The maximum absolute atomic E-state index is 6.41. The Morgan fingerprint density at radius 2 is 1.61 bits per heavy atom.